The van der Waals surface area contributed by atoms with Crippen LogP contribution in [0.2, 0.25) is 5.02 Å². The second-order valence-corrected chi connectivity index (χ2v) is 9.67. The van der Waals surface area contributed by atoms with Crippen LogP contribution in [0.15, 0.2) is 16.1 Å². The van der Waals surface area contributed by atoms with Gasteiger partial charge in [-0.3, -0.25) is 20.2 Å². The number of thiazole rings is 1. The van der Waals surface area contributed by atoms with Crippen LogP contribution in [0.4, 0.5) is 10.5 Å². The fourth-order valence-corrected chi connectivity index (χ4v) is 6.20. The van der Waals surface area contributed by atoms with Crippen molar-refractivity contribution in [3.63, 3.8) is 0 Å². The van der Waals surface area contributed by atoms with Gasteiger partial charge in [0, 0.05) is 24.5 Å². The lowest BCUT2D eigenvalue weighted by Crippen LogP contribution is -2.75. The number of hydrogen-bond acceptors (Lipinski definition) is 10. The molecule has 0 aliphatic carbocycles. The van der Waals surface area contributed by atoms with Crippen molar-refractivity contribution in [2.24, 2.45) is 5.41 Å². The Kier molecular flexibility index (Phi) is 4.32. The number of hydrogen-bond donors (Lipinski definition) is 2. The molecule has 1 spiro atoms. The Labute approximate surface area is 195 Å². The summed E-state index contributed by atoms with van der Waals surface area (Å²) in [6.45, 7) is 4.05. The van der Waals surface area contributed by atoms with Crippen molar-refractivity contribution >= 4 is 57.6 Å². The van der Waals surface area contributed by atoms with Crippen LogP contribution in [0.1, 0.15) is 19.5 Å². The van der Waals surface area contributed by atoms with Gasteiger partial charge in [0.2, 0.25) is 17.4 Å². The van der Waals surface area contributed by atoms with Gasteiger partial charge < -0.3 is 14.2 Å². The average Bonchev–Trinajstić information content (AvgIpc) is 3.41. The molecule has 6 heterocycles. The molecule has 3 aliphatic heterocycles. The molecule has 13 heteroatoms. The zero-order chi connectivity index (χ0) is 23.1. The molecule has 2 fully saturated rings. The quantitative estimate of drug-likeness (QED) is 0.491. The molecule has 0 bridgehead atoms. The molecule has 33 heavy (non-hydrogen) atoms. The Morgan fingerprint density at radius 2 is 2.00 bits per heavy atom. The molecule has 3 atom stereocenters. The summed E-state index contributed by atoms with van der Waals surface area (Å²) in [5, 5.41) is 11.3. The minimum atomic E-state index is -1.64. The number of anilines is 1. The van der Waals surface area contributed by atoms with Gasteiger partial charge in [-0.25, -0.2) is 14.8 Å². The SMILES string of the molecule is CC1CN2c3c(nc4c(-c5nccs5)noc4c3Cl)CC3(C(=O)NC(=O)NC3=O)C2C(C)O1. The first-order chi connectivity index (χ1) is 15.8. The molecular weight excluding hydrogens is 472 g/mol. The summed E-state index contributed by atoms with van der Waals surface area (Å²) >= 11 is 8.22. The Morgan fingerprint density at radius 3 is 2.70 bits per heavy atom. The van der Waals surface area contributed by atoms with Gasteiger partial charge in [-0.05, 0) is 13.8 Å². The first-order valence-electron chi connectivity index (χ1n) is 10.3. The van der Waals surface area contributed by atoms with Crippen LogP contribution in [0.3, 0.4) is 0 Å². The summed E-state index contributed by atoms with van der Waals surface area (Å²) in [6, 6.07) is -1.57. The van der Waals surface area contributed by atoms with Crippen LogP contribution in [0.5, 0.6) is 0 Å². The number of fused-ring (bicyclic) bond motifs is 5. The molecule has 2 N–H and O–H groups in total. The highest BCUT2D eigenvalue weighted by molar-refractivity contribution is 7.13. The van der Waals surface area contributed by atoms with Gasteiger partial charge >= 0.3 is 6.03 Å². The summed E-state index contributed by atoms with van der Waals surface area (Å²) in [5.74, 6) is -1.38. The van der Waals surface area contributed by atoms with E-state index in [1.165, 1.54) is 11.3 Å². The average molecular weight is 489 g/mol. The van der Waals surface area contributed by atoms with Crippen molar-refractivity contribution in [3.8, 4) is 10.7 Å². The number of carbonyl (C=O) groups is 3. The molecule has 6 rings (SSSR count). The number of nitrogens with one attached hydrogen (secondary N) is 2. The van der Waals surface area contributed by atoms with E-state index in [2.05, 4.69) is 20.8 Å². The third-order valence-electron chi connectivity index (χ3n) is 6.41. The summed E-state index contributed by atoms with van der Waals surface area (Å²) in [7, 11) is 0. The number of halogens is 1. The molecule has 0 aromatic carbocycles. The van der Waals surface area contributed by atoms with Gasteiger partial charge in [-0.1, -0.05) is 16.8 Å². The second kappa shape index (κ2) is 6.95. The number of ether oxygens (including phenoxy) is 1. The number of barbiturate groups is 1. The molecule has 170 valence electrons. The maximum absolute atomic E-state index is 13.3. The predicted octanol–water partition coefficient (Wildman–Crippen LogP) is 1.89. The first kappa shape index (κ1) is 20.5. The fraction of sp³-hybridized carbons (Fsp3) is 0.400. The van der Waals surface area contributed by atoms with Gasteiger partial charge in [-0.2, -0.15) is 0 Å². The molecule has 2 saturated heterocycles. The van der Waals surface area contributed by atoms with Crippen molar-refractivity contribution in [2.45, 2.75) is 38.5 Å². The summed E-state index contributed by atoms with van der Waals surface area (Å²) in [5.41, 5.74) is 0.492. The minimum absolute atomic E-state index is 0.0747. The van der Waals surface area contributed by atoms with E-state index in [0.717, 1.165) is 0 Å². The summed E-state index contributed by atoms with van der Waals surface area (Å²) in [4.78, 5) is 49.3. The maximum Gasteiger partial charge on any atom is 0.328 e. The van der Waals surface area contributed by atoms with E-state index in [1.807, 2.05) is 11.8 Å². The summed E-state index contributed by atoms with van der Waals surface area (Å²) < 4.78 is 11.6. The van der Waals surface area contributed by atoms with Crippen LogP contribution < -0.4 is 15.5 Å². The van der Waals surface area contributed by atoms with E-state index >= 15 is 0 Å². The molecule has 3 aromatic heterocycles. The molecular formula is C20H17ClN6O5S. The van der Waals surface area contributed by atoms with E-state index < -0.39 is 35.4 Å². The molecule has 3 aliphatic rings. The normalized spacial score (nSPS) is 26.2. The van der Waals surface area contributed by atoms with Gasteiger partial charge in [0.15, 0.2) is 11.1 Å². The number of amides is 4. The Hall–Kier alpha value is -3.09. The van der Waals surface area contributed by atoms with Crippen molar-refractivity contribution in [1.82, 2.24) is 25.8 Å². The van der Waals surface area contributed by atoms with Gasteiger partial charge in [0.1, 0.15) is 15.5 Å². The Bertz CT molecular complexity index is 1320. The Morgan fingerprint density at radius 1 is 1.24 bits per heavy atom. The van der Waals surface area contributed by atoms with E-state index in [1.54, 1.807) is 18.5 Å². The van der Waals surface area contributed by atoms with E-state index in [4.69, 9.17) is 25.8 Å². The van der Waals surface area contributed by atoms with Crippen molar-refractivity contribution in [1.29, 1.82) is 0 Å². The predicted molar refractivity (Wildman–Crippen MR) is 117 cm³/mol. The highest BCUT2D eigenvalue weighted by atomic mass is 35.5. The molecule has 11 nitrogen and oxygen atoms in total. The first-order valence-corrected chi connectivity index (χ1v) is 11.5. The maximum atomic E-state index is 13.3. The zero-order valence-corrected chi connectivity index (χ0v) is 19.0. The number of carbonyl (C=O) groups excluding carboxylic acids is 3. The lowest BCUT2D eigenvalue weighted by molar-refractivity contribution is -0.153. The fourth-order valence-electron chi connectivity index (χ4n) is 5.24. The van der Waals surface area contributed by atoms with E-state index in [-0.39, 0.29) is 12.5 Å². The Balaban J connectivity index is 1.61. The molecule has 0 saturated carbocycles. The third-order valence-corrected chi connectivity index (χ3v) is 7.54. The van der Waals surface area contributed by atoms with Crippen LogP contribution in [-0.4, -0.2) is 57.8 Å². The number of imide groups is 2. The van der Waals surface area contributed by atoms with Gasteiger partial charge in [0.25, 0.3) is 0 Å². The number of nitrogens with zero attached hydrogens (tertiary/aromatic N) is 4. The third kappa shape index (κ3) is 2.71. The highest BCUT2D eigenvalue weighted by Gasteiger charge is 2.63. The molecule has 4 amide bonds. The molecule has 3 aromatic rings. The zero-order valence-electron chi connectivity index (χ0n) is 17.4. The number of morpholine rings is 1. The van der Waals surface area contributed by atoms with Crippen molar-refractivity contribution in [2.75, 3.05) is 11.4 Å². The number of rotatable bonds is 1. The van der Waals surface area contributed by atoms with Crippen LogP contribution in [0, 0.1) is 5.41 Å². The second-order valence-electron chi connectivity index (χ2n) is 8.40. The van der Waals surface area contributed by atoms with Crippen LogP contribution >= 0.6 is 22.9 Å². The lowest BCUT2D eigenvalue weighted by atomic mass is 9.67. The van der Waals surface area contributed by atoms with Crippen molar-refractivity contribution in [3.05, 3.63) is 22.3 Å². The highest BCUT2D eigenvalue weighted by Crippen LogP contribution is 2.50. The largest absolute Gasteiger partial charge is 0.372 e. The minimum Gasteiger partial charge on any atom is -0.372 e. The van der Waals surface area contributed by atoms with E-state index in [0.29, 0.717) is 44.7 Å². The topological polar surface area (TPSA) is 140 Å². The number of aromatic nitrogens is 3. The number of urea groups is 1. The van der Waals surface area contributed by atoms with Crippen LogP contribution in [0.25, 0.3) is 21.8 Å². The molecule has 0 radical (unpaired) electrons. The summed E-state index contributed by atoms with van der Waals surface area (Å²) in [6.07, 6.45) is 0.848. The standard InChI is InChI=1S/C20H17ClN6O5S/c1-7-6-27-13-9(23-11-12(16-22-3-4-33-16)26-32-14(11)10(13)21)5-20(15(27)8(2)31-7)17(28)24-19(30)25-18(20)29/h3-4,7-8,15H,5-6H2,1-2H3,(H2,24,25,28,29,30). The monoisotopic (exact) mass is 488 g/mol. The van der Waals surface area contributed by atoms with E-state index in [9.17, 15) is 14.4 Å². The van der Waals surface area contributed by atoms with Crippen molar-refractivity contribution < 1.29 is 23.6 Å². The van der Waals surface area contributed by atoms with Crippen LogP contribution in [-0.2, 0) is 20.7 Å². The number of pyridine rings is 1. The van der Waals surface area contributed by atoms with Gasteiger partial charge in [0.05, 0.1) is 29.6 Å². The molecule has 3 unspecified atom stereocenters. The lowest BCUT2D eigenvalue weighted by Gasteiger charge is -2.55. The van der Waals surface area contributed by atoms with Gasteiger partial charge in [-0.15, -0.1) is 11.3 Å². The smallest absolute Gasteiger partial charge is 0.328 e.